The summed E-state index contributed by atoms with van der Waals surface area (Å²) >= 11 is 3.09. The highest BCUT2D eigenvalue weighted by Crippen LogP contribution is 2.34. The maximum atomic E-state index is 13.5. The normalized spacial score (nSPS) is 13.8. The number of carbonyl (C=O) groups excluding carboxylic acids is 2. The van der Waals surface area contributed by atoms with Crippen LogP contribution < -0.4 is 21.5 Å². The summed E-state index contributed by atoms with van der Waals surface area (Å²) < 4.78 is 40.3. The van der Waals surface area contributed by atoms with E-state index in [0.717, 1.165) is 43.4 Å². The van der Waals surface area contributed by atoms with Gasteiger partial charge in [0.1, 0.15) is 0 Å². The van der Waals surface area contributed by atoms with Crippen LogP contribution in [-0.4, -0.2) is 17.9 Å². The van der Waals surface area contributed by atoms with Crippen LogP contribution >= 0.6 is 15.9 Å². The van der Waals surface area contributed by atoms with E-state index < -0.39 is 23.7 Å². The lowest BCUT2D eigenvalue weighted by Gasteiger charge is -2.24. The minimum Gasteiger partial charge on any atom is -0.363 e. The summed E-state index contributed by atoms with van der Waals surface area (Å²) in [7, 11) is 0. The number of rotatable bonds is 6. The smallest absolute Gasteiger partial charge is 0.363 e. The minimum atomic E-state index is -4.58. The molecule has 5 N–H and O–H groups in total. The zero-order chi connectivity index (χ0) is 29.6. The van der Waals surface area contributed by atoms with Gasteiger partial charge in [0.25, 0.3) is 11.9 Å². The van der Waals surface area contributed by atoms with E-state index in [1.54, 1.807) is 24.3 Å². The van der Waals surface area contributed by atoms with Crippen molar-refractivity contribution in [3.05, 3.63) is 99.5 Å². The van der Waals surface area contributed by atoms with Crippen LogP contribution in [0, 0.1) is 0 Å². The Morgan fingerprint density at radius 1 is 1.02 bits per heavy atom. The largest absolute Gasteiger partial charge is 0.416 e. The van der Waals surface area contributed by atoms with Crippen LogP contribution in [-0.2, 0) is 12.7 Å². The summed E-state index contributed by atoms with van der Waals surface area (Å²) in [6, 6.07) is 16.4. The van der Waals surface area contributed by atoms with Gasteiger partial charge in [-0.2, -0.15) is 18.2 Å². The Bertz CT molecular complexity index is 1500. The number of urea groups is 1. The van der Waals surface area contributed by atoms with Crippen molar-refractivity contribution in [3.8, 4) is 0 Å². The first-order valence-corrected chi connectivity index (χ1v) is 13.5. The molecule has 0 aliphatic heterocycles. The summed E-state index contributed by atoms with van der Waals surface area (Å²) in [4.78, 5) is 30.7. The number of halogens is 4. The number of nitrogens with two attached hydrogens (primary N) is 2. The van der Waals surface area contributed by atoms with Gasteiger partial charge in [-0.25, -0.2) is 4.79 Å². The quantitative estimate of drug-likeness (QED) is 0.168. The standard InChI is InChI=1S/C29H26BrF3N6O2/c30-23-14-22(29(31,32)33)15-24(16-23)36-28(41)39(25-12-10-20(11-13-25)19-4-2-1-3-5-19)17-18-6-8-21(9-7-18)26(40)37-27(34)38-35/h4,6-16,35H,1-3,5,17H2,(H,36,41)(H2,34,37,40)/p+1. The molecule has 0 bridgehead atoms. The van der Waals surface area contributed by atoms with Gasteiger partial charge < -0.3 is 11.1 Å². The lowest BCUT2D eigenvalue weighted by Crippen LogP contribution is -2.34. The number of hydrogen-bond acceptors (Lipinski definition) is 2. The van der Waals surface area contributed by atoms with Crippen LogP contribution in [0.15, 0.2) is 87.4 Å². The lowest BCUT2D eigenvalue weighted by molar-refractivity contribution is -0.207. The lowest BCUT2D eigenvalue weighted by atomic mass is 9.93. The average Bonchev–Trinajstić information content (AvgIpc) is 2.96. The number of allylic oxidation sites excluding steroid dienone is 2. The van der Waals surface area contributed by atoms with Crippen molar-refractivity contribution in [2.45, 2.75) is 38.4 Å². The van der Waals surface area contributed by atoms with Crippen molar-refractivity contribution in [1.82, 2.24) is 0 Å². The number of nitrogens with zero attached hydrogens (tertiary/aromatic N) is 3. The third-order valence-electron chi connectivity index (χ3n) is 6.45. The van der Waals surface area contributed by atoms with Crippen molar-refractivity contribution in [1.29, 1.82) is 0 Å². The number of anilines is 2. The van der Waals surface area contributed by atoms with E-state index in [1.165, 1.54) is 28.7 Å². The second-order valence-corrected chi connectivity index (χ2v) is 10.3. The molecule has 0 aromatic heterocycles. The van der Waals surface area contributed by atoms with E-state index in [9.17, 15) is 22.8 Å². The number of benzene rings is 3. The van der Waals surface area contributed by atoms with Crippen LogP contribution in [0.25, 0.3) is 5.57 Å². The van der Waals surface area contributed by atoms with Crippen LogP contribution in [0.1, 0.15) is 52.7 Å². The molecule has 12 heteroatoms. The number of nitrogens with one attached hydrogen (secondary N) is 1. The molecule has 0 fully saturated rings. The van der Waals surface area contributed by atoms with Crippen LogP contribution in [0.4, 0.5) is 29.3 Å². The molecule has 3 aromatic carbocycles. The highest BCUT2D eigenvalue weighted by molar-refractivity contribution is 9.10. The number of aliphatic imine (C=N–C) groups is 1. The fourth-order valence-corrected chi connectivity index (χ4v) is 4.88. The third kappa shape index (κ3) is 7.88. The summed E-state index contributed by atoms with van der Waals surface area (Å²) in [6.07, 6.45) is 1.92. The number of guanidine groups is 1. The molecule has 0 unspecified atom stereocenters. The van der Waals surface area contributed by atoms with Crippen molar-refractivity contribution in [3.63, 3.8) is 0 Å². The Hall–Kier alpha value is -4.32. The van der Waals surface area contributed by atoms with Crippen molar-refractivity contribution in [2.24, 2.45) is 15.8 Å². The van der Waals surface area contributed by atoms with Gasteiger partial charge in [0.2, 0.25) is 0 Å². The first kappa shape index (κ1) is 29.7. The maximum absolute atomic E-state index is 13.5. The first-order valence-electron chi connectivity index (χ1n) is 12.7. The van der Waals surface area contributed by atoms with Gasteiger partial charge in [-0.1, -0.05) is 46.3 Å². The van der Waals surface area contributed by atoms with Gasteiger partial charge in [-0.05, 0) is 84.8 Å². The average molecular weight is 628 g/mol. The van der Waals surface area contributed by atoms with Gasteiger partial charge in [0.15, 0.2) is 0 Å². The Balaban J connectivity index is 1.63. The zero-order valence-electron chi connectivity index (χ0n) is 21.8. The molecule has 0 radical (unpaired) electrons. The van der Waals surface area contributed by atoms with Crippen LogP contribution in [0.3, 0.4) is 0 Å². The summed E-state index contributed by atoms with van der Waals surface area (Å²) in [5, 5.41) is 5.73. The van der Waals surface area contributed by atoms with E-state index in [1.807, 2.05) is 12.1 Å². The van der Waals surface area contributed by atoms with E-state index in [4.69, 9.17) is 11.3 Å². The predicted octanol–water partition coefficient (Wildman–Crippen LogP) is 6.33. The summed E-state index contributed by atoms with van der Waals surface area (Å²) in [5.74, 6) is -1.00. The van der Waals surface area contributed by atoms with Crippen molar-refractivity contribution < 1.29 is 28.3 Å². The Labute approximate surface area is 242 Å². The molecule has 41 heavy (non-hydrogen) atoms. The van der Waals surface area contributed by atoms with Gasteiger partial charge in [-0.3, -0.25) is 9.69 Å². The first-order chi connectivity index (χ1) is 19.5. The van der Waals surface area contributed by atoms with Crippen molar-refractivity contribution >= 4 is 50.8 Å². The number of amides is 3. The molecule has 212 valence electrons. The minimum absolute atomic E-state index is 0.0209. The molecule has 0 saturated carbocycles. The second kappa shape index (κ2) is 12.9. The fourth-order valence-electron chi connectivity index (χ4n) is 4.39. The molecule has 3 amide bonds. The van der Waals surface area contributed by atoms with Crippen molar-refractivity contribution in [2.75, 3.05) is 10.2 Å². The zero-order valence-corrected chi connectivity index (χ0v) is 23.4. The monoisotopic (exact) mass is 627 g/mol. The molecule has 4 rings (SSSR count). The van der Waals surface area contributed by atoms with Gasteiger partial charge in [0, 0.05) is 26.5 Å². The van der Waals surface area contributed by atoms with Crippen LogP contribution in [0.5, 0.6) is 0 Å². The van der Waals surface area contributed by atoms with Crippen LogP contribution in [0.2, 0.25) is 0 Å². The molecule has 0 atom stereocenters. The summed E-state index contributed by atoms with van der Waals surface area (Å²) in [6.45, 7) is 0.0615. The fraction of sp³-hybridized carbons (Fsp3) is 0.207. The van der Waals surface area contributed by atoms with E-state index in [2.05, 4.69) is 37.4 Å². The second-order valence-electron chi connectivity index (χ2n) is 9.37. The number of hydrogen-bond donors (Lipinski definition) is 3. The molecule has 0 spiro atoms. The van der Waals surface area contributed by atoms with E-state index in [-0.39, 0.29) is 28.2 Å². The third-order valence-corrected chi connectivity index (χ3v) is 6.91. The molecule has 8 nitrogen and oxygen atoms in total. The molecule has 0 saturated heterocycles. The molecule has 0 heterocycles. The van der Waals surface area contributed by atoms with Gasteiger partial charge >= 0.3 is 12.2 Å². The Kier molecular flexibility index (Phi) is 9.33. The molecule has 1 aliphatic rings. The molecular formula is C29H27BrF3N6O2+. The van der Waals surface area contributed by atoms with E-state index in [0.29, 0.717) is 11.3 Å². The number of alkyl halides is 3. The van der Waals surface area contributed by atoms with Gasteiger partial charge in [0.05, 0.1) is 12.1 Å². The number of carbonyl (C=O) groups is 2. The highest BCUT2D eigenvalue weighted by atomic mass is 79.9. The Morgan fingerprint density at radius 2 is 1.73 bits per heavy atom. The van der Waals surface area contributed by atoms with Gasteiger partial charge in [-0.15, -0.1) is 5.53 Å². The topological polar surface area (TPSA) is 126 Å². The SMILES string of the molecule is NC(N=[NH2+])=NC(=O)c1ccc(CN(C(=O)Nc2cc(Br)cc(C(F)(F)F)c2)c2ccc(C3=CCCCC3)cc2)cc1. The highest BCUT2D eigenvalue weighted by Gasteiger charge is 2.31. The maximum Gasteiger partial charge on any atom is 0.416 e. The molecule has 3 aromatic rings. The molecule has 1 aliphatic carbocycles. The Morgan fingerprint density at radius 3 is 2.34 bits per heavy atom. The molecular weight excluding hydrogens is 601 g/mol. The predicted molar refractivity (Wildman–Crippen MR) is 154 cm³/mol. The van der Waals surface area contributed by atoms with E-state index >= 15 is 0 Å². The summed E-state index contributed by atoms with van der Waals surface area (Å²) in [5.41, 5.74) is 13.2.